The minimum atomic E-state index is -0.814. The lowest BCUT2D eigenvalue weighted by atomic mass is 10.1. The third kappa shape index (κ3) is 1.91. The second-order valence-corrected chi connectivity index (χ2v) is 3.70. The third-order valence-electron chi connectivity index (χ3n) is 2.64. The molecule has 1 heterocycles. The van der Waals surface area contributed by atoms with Crippen LogP contribution in [0.1, 0.15) is 11.7 Å². The van der Waals surface area contributed by atoms with E-state index in [2.05, 4.69) is 4.90 Å². The molecule has 1 aromatic rings. The van der Waals surface area contributed by atoms with E-state index in [1.165, 1.54) is 0 Å². The van der Waals surface area contributed by atoms with E-state index >= 15 is 0 Å². The van der Waals surface area contributed by atoms with Crippen molar-refractivity contribution >= 4 is 5.69 Å². The molecule has 0 spiro atoms. The molecule has 2 N–H and O–H groups in total. The van der Waals surface area contributed by atoms with Gasteiger partial charge in [0.2, 0.25) is 0 Å². The Hall–Kier alpha value is -1.26. The highest BCUT2D eigenvalue weighted by Gasteiger charge is 2.16. The zero-order valence-corrected chi connectivity index (χ0v) is 8.68. The summed E-state index contributed by atoms with van der Waals surface area (Å²) in [6.45, 7) is 1.26. The Labute approximate surface area is 88.7 Å². The lowest BCUT2D eigenvalue weighted by Gasteiger charge is -2.28. The maximum Gasteiger partial charge on any atom is 0.142 e. The molecule has 82 valence electrons. The molecule has 0 amide bonds. The fraction of sp³-hybridized carbons (Fsp3) is 0.455. The summed E-state index contributed by atoms with van der Waals surface area (Å²) in [6.07, 6.45) is -0.814. The molecule has 15 heavy (non-hydrogen) atoms. The maximum atomic E-state index is 9.51. The monoisotopic (exact) mass is 209 g/mol. The molecule has 1 aliphatic rings. The van der Waals surface area contributed by atoms with Gasteiger partial charge in [-0.25, -0.2) is 0 Å². The lowest BCUT2D eigenvalue weighted by molar-refractivity contribution is 0.0955. The van der Waals surface area contributed by atoms with Crippen molar-refractivity contribution in [1.82, 2.24) is 0 Å². The smallest absolute Gasteiger partial charge is 0.142 e. The number of hydrogen-bond acceptors (Lipinski definition) is 4. The minimum absolute atomic E-state index is 0.261. The van der Waals surface area contributed by atoms with Crippen molar-refractivity contribution in [2.45, 2.75) is 6.10 Å². The van der Waals surface area contributed by atoms with Crippen LogP contribution in [0.2, 0.25) is 0 Å². The molecule has 1 aliphatic heterocycles. The maximum absolute atomic E-state index is 9.51. The molecule has 4 nitrogen and oxygen atoms in total. The number of likely N-dealkylation sites (N-methyl/N-ethyl adjacent to an activating group) is 1. The molecular weight excluding hydrogens is 194 g/mol. The van der Waals surface area contributed by atoms with E-state index in [0.717, 1.165) is 18.0 Å². The number of nitrogens with zero attached hydrogens (tertiary/aromatic N) is 1. The zero-order chi connectivity index (χ0) is 10.8. The van der Waals surface area contributed by atoms with E-state index in [9.17, 15) is 5.11 Å². The first-order valence-corrected chi connectivity index (χ1v) is 4.99. The summed E-state index contributed by atoms with van der Waals surface area (Å²) in [5.74, 6) is 0.831. The molecule has 0 saturated heterocycles. The highest BCUT2D eigenvalue weighted by Crippen LogP contribution is 2.32. The van der Waals surface area contributed by atoms with Crippen molar-refractivity contribution < 1.29 is 14.9 Å². The molecule has 1 unspecified atom stereocenters. The Morgan fingerprint density at radius 3 is 3.07 bits per heavy atom. The Morgan fingerprint density at radius 2 is 2.33 bits per heavy atom. The van der Waals surface area contributed by atoms with Gasteiger partial charge < -0.3 is 19.8 Å². The molecule has 0 saturated carbocycles. The second-order valence-electron chi connectivity index (χ2n) is 3.70. The SMILES string of the molecule is CN1CCOc2ccc(C(O)CO)cc21. The summed E-state index contributed by atoms with van der Waals surface area (Å²) in [5, 5.41) is 18.4. The third-order valence-corrected chi connectivity index (χ3v) is 2.64. The Bertz CT molecular complexity index is 354. The number of benzene rings is 1. The van der Waals surface area contributed by atoms with Gasteiger partial charge in [-0.3, -0.25) is 0 Å². The van der Waals surface area contributed by atoms with Crippen LogP contribution in [-0.4, -0.2) is 37.0 Å². The molecule has 0 fully saturated rings. The van der Waals surface area contributed by atoms with Crippen molar-refractivity contribution in [1.29, 1.82) is 0 Å². The second kappa shape index (κ2) is 4.08. The average molecular weight is 209 g/mol. The largest absolute Gasteiger partial charge is 0.490 e. The first-order chi connectivity index (χ1) is 7.22. The van der Waals surface area contributed by atoms with Crippen LogP contribution in [0.3, 0.4) is 0 Å². The predicted octanol–water partition coefficient (Wildman–Crippen LogP) is 0.541. The number of hydrogen-bond donors (Lipinski definition) is 2. The van der Waals surface area contributed by atoms with E-state index in [0.29, 0.717) is 12.2 Å². The van der Waals surface area contributed by atoms with E-state index in [-0.39, 0.29) is 6.61 Å². The van der Waals surface area contributed by atoms with Gasteiger partial charge in [0, 0.05) is 7.05 Å². The number of anilines is 1. The van der Waals surface area contributed by atoms with Crippen molar-refractivity contribution in [2.24, 2.45) is 0 Å². The Balaban J connectivity index is 2.35. The quantitative estimate of drug-likeness (QED) is 0.746. The molecular formula is C11H15NO3. The van der Waals surface area contributed by atoms with Gasteiger partial charge in [-0.1, -0.05) is 6.07 Å². The predicted molar refractivity (Wildman–Crippen MR) is 57.3 cm³/mol. The van der Waals surface area contributed by atoms with Gasteiger partial charge in [0.05, 0.1) is 18.8 Å². The van der Waals surface area contributed by atoms with E-state index in [1.807, 2.05) is 19.2 Å². The van der Waals surface area contributed by atoms with Crippen LogP contribution in [0.25, 0.3) is 0 Å². The van der Waals surface area contributed by atoms with Crippen molar-refractivity contribution in [2.75, 3.05) is 31.7 Å². The number of rotatable bonds is 2. The van der Waals surface area contributed by atoms with Gasteiger partial charge in [-0.2, -0.15) is 0 Å². The molecule has 2 rings (SSSR count). The van der Waals surface area contributed by atoms with Crippen molar-refractivity contribution in [3.8, 4) is 5.75 Å². The standard InChI is InChI=1S/C11H15NO3/c1-12-4-5-15-11-3-2-8(6-9(11)12)10(14)7-13/h2-3,6,10,13-14H,4-5,7H2,1H3. The number of fused-ring (bicyclic) bond motifs is 1. The highest BCUT2D eigenvalue weighted by molar-refractivity contribution is 5.61. The van der Waals surface area contributed by atoms with Gasteiger partial charge in [-0.05, 0) is 17.7 Å². The Morgan fingerprint density at radius 1 is 1.53 bits per heavy atom. The lowest BCUT2D eigenvalue weighted by Crippen LogP contribution is -2.28. The Kier molecular flexibility index (Phi) is 2.79. The normalized spacial score (nSPS) is 16.9. The highest BCUT2D eigenvalue weighted by atomic mass is 16.5. The van der Waals surface area contributed by atoms with Gasteiger partial charge in [-0.15, -0.1) is 0 Å². The summed E-state index contributed by atoms with van der Waals surface area (Å²) in [7, 11) is 1.98. The number of aliphatic hydroxyl groups is 2. The molecule has 0 aromatic heterocycles. The van der Waals surface area contributed by atoms with Crippen LogP contribution in [0, 0.1) is 0 Å². The van der Waals surface area contributed by atoms with Gasteiger partial charge >= 0.3 is 0 Å². The summed E-state index contributed by atoms with van der Waals surface area (Å²) >= 11 is 0. The zero-order valence-electron chi connectivity index (χ0n) is 8.68. The van der Waals surface area contributed by atoms with Crippen LogP contribution in [0.5, 0.6) is 5.75 Å². The van der Waals surface area contributed by atoms with Crippen LogP contribution < -0.4 is 9.64 Å². The van der Waals surface area contributed by atoms with E-state index < -0.39 is 6.10 Å². The van der Waals surface area contributed by atoms with Gasteiger partial charge in [0.1, 0.15) is 18.5 Å². The van der Waals surface area contributed by atoms with Crippen LogP contribution in [0.4, 0.5) is 5.69 Å². The molecule has 0 bridgehead atoms. The van der Waals surface area contributed by atoms with E-state index in [1.54, 1.807) is 6.07 Å². The van der Waals surface area contributed by atoms with Crippen LogP contribution >= 0.6 is 0 Å². The molecule has 1 atom stereocenters. The fourth-order valence-corrected chi connectivity index (χ4v) is 1.68. The van der Waals surface area contributed by atoms with Crippen molar-refractivity contribution in [3.63, 3.8) is 0 Å². The summed E-state index contributed by atoms with van der Waals surface area (Å²) in [6, 6.07) is 5.47. The fourth-order valence-electron chi connectivity index (χ4n) is 1.68. The molecule has 0 aliphatic carbocycles. The first-order valence-electron chi connectivity index (χ1n) is 4.99. The van der Waals surface area contributed by atoms with Crippen molar-refractivity contribution in [3.05, 3.63) is 23.8 Å². The summed E-state index contributed by atoms with van der Waals surface area (Å²) in [4.78, 5) is 2.08. The molecule has 4 heteroatoms. The average Bonchev–Trinajstić information content (AvgIpc) is 2.28. The number of aliphatic hydroxyl groups excluding tert-OH is 2. The first kappa shape index (κ1) is 10.3. The topological polar surface area (TPSA) is 52.9 Å². The van der Waals surface area contributed by atoms with Crippen LogP contribution in [0.15, 0.2) is 18.2 Å². The number of ether oxygens (including phenoxy) is 1. The summed E-state index contributed by atoms with van der Waals surface area (Å²) < 4.78 is 5.48. The van der Waals surface area contributed by atoms with Crippen LogP contribution in [-0.2, 0) is 0 Å². The van der Waals surface area contributed by atoms with E-state index in [4.69, 9.17) is 9.84 Å². The van der Waals surface area contributed by atoms with Gasteiger partial charge in [0.25, 0.3) is 0 Å². The molecule has 0 radical (unpaired) electrons. The van der Waals surface area contributed by atoms with Gasteiger partial charge in [0.15, 0.2) is 0 Å². The summed E-state index contributed by atoms with van der Waals surface area (Å²) in [5.41, 5.74) is 1.68. The minimum Gasteiger partial charge on any atom is -0.490 e. The molecule has 1 aromatic carbocycles.